The third-order valence-electron chi connectivity index (χ3n) is 2.20. The molecule has 0 fully saturated rings. The van der Waals surface area contributed by atoms with Gasteiger partial charge in [-0.1, -0.05) is 12.1 Å². The zero-order valence-corrected chi connectivity index (χ0v) is 9.92. The largest absolute Gasteiger partial charge is 0.495 e. The molecule has 0 saturated heterocycles. The lowest BCUT2D eigenvalue weighted by Crippen LogP contribution is -2.40. The third kappa shape index (κ3) is 3.44. The van der Waals surface area contributed by atoms with E-state index in [1.54, 1.807) is 7.11 Å². The Balaban J connectivity index is 2.79. The number of hydrogen-bond acceptors (Lipinski definition) is 3. The first-order chi connectivity index (χ1) is 7.09. The molecule has 2 N–H and O–H groups in total. The number of hydrogen-bond donors (Lipinski definition) is 2. The molecule has 0 amide bonds. The van der Waals surface area contributed by atoms with Gasteiger partial charge in [0.1, 0.15) is 5.75 Å². The summed E-state index contributed by atoms with van der Waals surface area (Å²) in [5, 5.41) is 6.61. The number of anilines is 1. The van der Waals surface area contributed by atoms with Gasteiger partial charge >= 0.3 is 0 Å². The molecular formula is C12H20N2O. The zero-order chi connectivity index (χ0) is 11.3. The van der Waals surface area contributed by atoms with Crippen molar-refractivity contribution in [3.05, 3.63) is 24.3 Å². The summed E-state index contributed by atoms with van der Waals surface area (Å²) in [4.78, 5) is 0. The fourth-order valence-corrected chi connectivity index (χ4v) is 1.60. The van der Waals surface area contributed by atoms with Gasteiger partial charge in [-0.3, -0.25) is 0 Å². The first kappa shape index (κ1) is 11.9. The molecule has 0 aliphatic carbocycles. The van der Waals surface area contributed by atoms with E-state index in [2.05, 4.69) is 24.5 Å². The van der Waals surface area contributed by atoms with Crippen molar-refractivity contribution in [2.24, 2.45) is 0 Å². The SMILES string of the molecule is CNCC(C)(C)Nc1ccccc1OC. The van der Waals surface area contributed by atoms with E-state index in [9.17, 15) is 0 Å². The molecule has 0 aliphatic heterocycles. The zero-order valence-electron chi connectivity index (χ0n) is 9.92. The van der Waals surface area contributed by atoms with Crippen molar-refractivity contribution in [1.82, 2.24) is 5.32 Å². The van der Waals surface area contributed by atoms with E-state index in [1.165, 1.54) is 0 Å². The lowest BCUT2D eigenvalue weighted by molar-refractivity contribution is 0.414. The van der Waals surface area contributed by atoms with Crippen molar-refractivity contribution >= 4 is 5.69 Å². The number of rotatable bonds is 5. The van der Waals surface area contributed by atoms with Gasteiger partial charge in [0.25, 0.3) is 0 Å². The summed E-state index contributed by atoms with van der Waals surface area (Å²) in [5.74, 6) is 0.877. The molecule has 0 spiro atoms. The fourth-order valence-electron chi connectivity index (χ4n) is 1.60. The Bertz CT molecular complexity index is 310. The second kappa shape index (κ2) is 5.03. The van der Waals surface area contributed by atoms with Gasteiger partial charge < -0.3 is 15.4 Å². The minimum Gasteiger partial charge on any atom is -0.495 e. The van der Waals surface area contributed by atoms with Gasteiger partial charge in [0.15, 0.2) is 0 Å². The molecule has 0 saturated carbocycles. The number of benzene rings is 1. The third-order valence-corrected chi connectivity index (χ3v) is 2.20. The van der Waals surface area contributed by atoms with E-state index in [4.69, 9.17) is 4.74 Å². The summed E-state index contributed by atoms with van der Waals surface area (Å²) in [5.41, 5.74) is 1.03. The molecule has 0 unspecified atom stereocenters. The maximum atomic E-state index is 5.29. The van der Waals surface area contributed by atoms with Crippen molar-refractivity contribution in [3.63, 3.8) is 0 Å². The first-order valence-electron chi connectivity index (χ1n) is 5.15. The molecule has 0 radical (unpaired) electrons. The minimum atomic E-state index is 0.00336. The highest BCUT2D eigenvalue weighted by Crippen LogP contribution is 2.25. The molecule has 1 aromatic carbocycles. The van der Waals surface area contributed by atoms with Crippen LogP contribution in [0.5, 0.6) is 5.75 Å². The Labute approximate surface area is 91.8 Å². The van der Waals surface area contributed by atoms with Gasteiger partial charge in [0.2, 0.25) is 0 Å². The molecule has 0 heterocycles. The molecule has 0 atom stereocenters. The standard InChI is InChI=1S/C12H20N2O/c1-12(2,9-13-3)14-10-7-5-6-8-11(10)15-4/h5-8,13-14H,9H2,1-4H3. The number of likely N-dealkylation sites (N-methyl/N-ethyl adjacent to an activating group) is 1. The van der Waals surface area contributed by atoms with Crippen LogP contribution in [-0.2, 0) is 0 Å². The van der Waals surface area contributed by atoms with Crippen LogP contribution in [0.3, 0.4) is 0 Å². The predicted molar refractivity (Wildman–Crippen MR) is 64.6 cm³/mol. The van der Waals surface area contributed by atoms with Gasteiger partial charge in [0, 0.05) is 12.1 Å². The van der Waals surface area contributed by atoms with Gasteiger partial charge in [-0.05, 0) is 33.0 Å². The summed E-state index contributed by atoms with van der Waals surface area (Å²) in [7, 11) is 3.64. The van der Waals surface area contributed by atoms with E-state index < -0.39 is 0 Å². The Hall–Kier alpha value is -1.22. The van der Waals surface area contributed by atoms with Crippen molar-refractivity contribution < 1.29 is 4.74 Å². The van der Waals surface area contributed by atoms with E-state index in [0.717, 1.165) is 18.0 Å². The van der Waals surface area contributed by atoms with Crippen LogP contribution in [-0.4, -0.2) is 26.2 Å². The fraction of sp³-hybridized carbons (Fsp3) is 0.500. The van der Waals surface area contributed by atoms with Gasteiger partial charge in [-0.25, -0.2) is 0 Å². The molecule has 3 nitrogen and oxygen atoms in total. The monoisotopic (exact) mass is 208 g/mol. The summed E-state index contributed by atoms with van der Waals surface area (Å²) in [6, 6.07) is 7.95. The molecule has 0 bridgehead atoms. The lowest BCUT2D eigenvalue weighted by atomic mass is 10.1. The lowest BCUT2D eigenvalue weighted by Gasteiger charge is -2.28. The number of nitrogens with one attached hydrogen (secondary N) is 2. The van der Waals surface area contributed by atoms with Crippen LogP contribution >= 0.6 is 0 Å². The molecular weight excluding hydrogens is 188 g/mol. The maximum absolute atomic E-state index is 5.29. The van der Waals surface area contributed by atoms with Gasteiger partial charge in [-0.2, -0.15) is 0 Å². The summed E-state index contributed by atoms with van der Waals surface area (Å²) in [6.07, 6.45) is 0. The number of methoxy groups -OCH3 is 1. The van der Waals surface area contributed by atoms with Crippen LogP contribution in [0.2, 0.25) is 0 Å². The van der Waals surface area contributed by atoms with E-state index in [0.29, 0.717) is 0 Å². The van der Waals surface area contributed by atoms with Gasteiger partial charge in [0.05, 0.1) is 12.8 Å². The smallest absolute Gasteiger partial charge is 0.141 e. The topological polar surface area (TPSA) is 33.3 Å². The molecule has 0 aliphatic rings. The van der Waals surface area contributed by atoms with E-state index in [1.807, 2.05) is 31.3 Å². The number of para-hydroxylation sites is 2. The van der Waals surface area contributed by atoms with E-state index >= 15 is 0 Å². The summed E-state index contributed by atoms with van der Waals surface area (Å²) >= 11 is 0. The normalized spacial score (nSPS) is 11.2. The van der Waals surface area contributed by atoms with Crippen LogP contribution in [0.4, 0.5) is 5.69 Å². The average molecular weight is 208 g/mol. The molecule has 15 heavy (non-hydrogen) atoms. The van der Waals surface area contributed by atoms with Gasteiger partial charge in [-0.15, -0.1) is 0 Å². The molecule has 3 heteroatoms. The highest BCUT2D eigenvalue weighted by Gasteiger charge is 2.17. The van der Waals surface area contributed by atoms with E-state index in [-0.39, 0.29) is 5.54 Å². The van der Waals surface area contributed by atoms with Crippen molar-refractivity contribution in [3.8, 4) is 5.75 Å². The quantitative estimate of drug-likeness (QED) is 0.777. The van der Waals surface area contributed by atoms with Crippen LogP contribution in [0.15, 0.2) is 24.3 Å². The summed E-state index contributed by atoms with van der Waals surface area (Å²) in [6.45, 7) is 5.19. The molecule has 1 aromatic rings. The molecule has 1 rings (SSSR count). The van der Waals surface area contributed by atoms with Crippen LogP contribution in [0.1, 0.15) is 13.8 Å². The minimum absolute atomic E-state index is 0.00336. The first-order valence-corrected chi connectivity index (χ1v) is 5.15. The molecule has 84 valence electrons. The molecule has 0 aromatic heterocycles. The highest BCUT2D eigenvalue weighted by atomic mass is 16.5. The van der Waals surface area contributed by atoms with Crippen molar-refractivity contribution in [2.45, 2.75) is 19.4 Å². The maximum Gasteiger partial charge on any atom is 0.141 e. The van der Waals surface area contributed by atoms with Crippen molar-refractivity contribution in [2.75, 3.05) is 26.0 Å². The van der Waals surface area contributed by atoms with Crippen LogP contribution < -0.4 is 15.4 Å². The predicted octanol–water partition coefficient (Wildman–Crippen LogP) is 2.11. The van der Waals surface area contributed by atoms with Crippen molar-refractivity contribution in [1.29, 1.82) is 0 Å². The average Bonchev–Trinajstić information content (AvgIpc) is 2.17. The van der Waals surface area contributed by atoms with Crippen LogP contribution in [0, 0.1) is 0 Å². The number of ether oxygens (including phenoxy) is 1. The highest BCUT2D eigenvalue weighted by molar-refractivity contribution is 5.57. The Morgan fingerprint density at radius 2 is 1.93 bits per heavy atom. The second-order valence-electron chi connectivity index (χ2n) is 4.24. The Morgan fingerprint density at radius 3 is 2.53 bits per heavy atom. The van der Waals surface area contributed by atoms with Crippen LogP contribution in [0.25, 0.3) is 0 Å². The second-order valence-corrected chi connectivity index (χ2v) is 4.24. The Kier molecular flexibility index (Phi) is 3.97. The summed E-state index contributed by atoms with van der Waals surface area (Å²) < 4.78 is 5.29. The Morgan fingerprint density at radius 1 is 1.27 bits per heavy atom.